The highest BCUT2D eigenvalue weighted by Gasteiger charge is 2.82. The Labute approximate surface area is 110 Å². The molecule has 0 N–H and O–H groups in total. The maximum atomic E-state index is 12.5. The fourth-order valence-corrected chi connectivity index (χ4v) is 1.90. The first kappa shape index (κ1) is 19.4. The molecule has 0 saturated heterocycles. The van der Waals surface area contributed by atoms with Crippen LogP contribution < -0.4 is 0 Å². The minimum Gasteiger partial charge on any atom is -0.170 e. The average molecular weight is 318 g/mol. The van der Waals surface area contributed by atoms with E-state index in [1.54, 1.807) is 6.92 Å². The summed E-state index contributed by atoms with van der Waals surface area (Å²) in [6.07, 6.45) is -20.6. The minimum atomic E-state index is -6.42. The van der Waals surface area contributed by atoms with Gasteiger partial charge in [0.2, 0.25) is 0 Å². The van der Waals surface area contributed by atoms with Crippen molar-refractivity contribution in [3.8, 4) is 0 Å². The molecule has 0 rings (SSSR count). The molecule has 122 valence electrons. The molecule has 0 nitrogen and oxygen atoms in total. The molecule has 0 heterocycles. The molecule has 0 unspecified atom stereocenters. The summed E-state index contributed by atoms with van der Waals surface area (Å²) >= 11 is 0. The van der Waals surface area contributed by atoms with E-state index in [0.717, 1.165) is 0 Å². The summed E-state index contributed by atoms with van der Waals surface area (Å²) in [5.74, 6) is 0. The Morgan fingerprint density at radius 2 is 0.900 bits per heavy atom. The summed E-state index contributed by atoms with van der Waals surface area (Å²) < 4.78 is 113. The van der Waals surface area contributed by atoms with Crippen LogP contribution in [0.25, 0.3) is 0 Å². The fourth-order valence-electron chi connectivity index (χ4n) is 1.90. The van der Waals surface area contributed by atoms with Crippen molar-refractivity contribution in [2.45, 2.75) is 64.0 Å². The van der Waals surface area contributed by atoms with Crippen molar-refractivity contribution in [1.29, 1.82) is 0 Å². The lowest BCUT2D eigenvalue weighted by Gasteiger charge is -2.38. The van der Waals surface area contributed by atoms with Crippen LogP contribution in [-0.2, 0) is 0 Å². The Morgan fingerprint density at radius 1 is 0.550 bits per heavy atom. The molecule has 0 radical (unpaired) electrons. The van der Waals surface area contributed by atoms with Crippen LogP contribution in [0.4, 0.5) is 39.5 Å². The van der Waals surface area contributed by atoms with E-state index in [4.69, 9.17) is 0 Å². The second-order valence-electron chi connectivity index (χ2n) is 4.56. The van der Waals surface area contributed by atoms with Crippen LogP contribution in [0.15, 0.2) is 0 Å². The number of unbranched alkanes of at least 4 members (excludes halogenated alkanes) is 4. The summed E-state index contributed by atoms with van der Waals surface area (Å²) in [4.78, 5) is 0. The van der Waals surface area contributed by atoms with Crippen molar-refractivity contribution in [3.63, 3.8) is 0 Å². The zero-order valence-electron chi connectivity index (χ0n) is 10.6. The maximum absolute atomic E-state index is 12.5. The van der Waals surface area contributed by atoms with Gasteiger partial charge in [-0.25, -0.2) is 0 Å². The zero-order valence-corrected chi connectivity index (χ0v) is 10.6. The summed E-state index contributed by atoms with van der Waals surface area (Å²) in [6, 6.07) is 0. The largest absolute Gasteiger partial charge is 0.412 e. The van der Waals surface area contributed by atoms with E-state index in [9.17, 15) is 39.5 Å². The van der Waals surface area contributed by atoms with Crippen molar-refractivity contribution in [1.82, 2.24) is 0 Å². The fraction of sp³-hybridized carbons (Fsp3) is 1.00. The molecule has 9 heteroatoms. The third kappa shape index (κ3) is 3.94. The van der Waals surface area contributed by atoms with Gasteiger partial charge in [0.05, 0.1) is 0 Å². The lowest BCUT2D eigenvalue weighted by molar-refractivity contribution is -0.429. The van der Waals surface area contributed by atoms with Gasteiger partial charge in [-0.15, -0.1) is 0 Å². The van der Waals surface area contributed by atoms with Crippen molar-refractivity contribution < 1.29 is 39.5 Å². The van der Waals surface area contributed by atoms with E-state index in [2.05, 4.69) is 0 Å². The van der Waals surface area contributed by atoms with Gasteiger partial charge in [0.15, 0.2) is 0 Å². The van der Waals surface area contributed by atoms with Gasteiger partial charge < -0.3 is 0 Å². The normalized spacial score (nSPS) is 14.7. The van der Waals surface area contributed by atoms with E-state index in [0.29, 0.717) is 19.3 Å². The molecule has 0 aromatic rings. The maximum Gasteiger partial charge on any atom is 0.412 e. The SMILES string of the molecule is CCCCCCCC(C(F)(F)F)(C(F)(F)F)C(F)(F)F. The van der Waals surface area contributed by atoms with Gasteiger partial charge in [0.25, 0.3) is 5.41 Å². The first-order valence-electron chi connectivity index (χ1n) is 6.01. The van der Waals surface area contributed by atoms with Crippen LogP contribution >= 0.6 is 0 Å². The average Bonchev–Trinajstić information content (AvgIpc) is 2.17. The highest BCUT2D eigenvalue weighted by atomic mass is 19.4. The molecule has 0 aromatic heterocycles. The smallest absolute Gasteiger partial charge is 0.170 e. The second-order valence-corrected chi connectivity index (χ2v) is 4.56. The summed E-state index contributed by atoms with van der Waals surface area (Å²) in [7, 11) is 0. The van der Waals surface area contributed by atoms with Crippen LogP contribution in [-0.4, -0.2) is 18.5 Å². The van der Waals surface area contributed by atoms with Crippen LogP contribution in [0.2, 0.25) is 0 Å². The molecule has 0 fully saturated rings. The van der Waals surface area contributed by atoms with E-state index in [-0.39, 0.29) is 6.42 Å². The van der Waals surface area contributed by atoms with Crippen molar-refractivity contribution in [3.05, 3.63) is 0 Å². The van der Waals surface area contributed by atoms with Gasteiger partial charge in [-0.1, -0.05) is 39.0 Å². The van der Waals surface area contributed by atoms with Crippen LogP contribution in [0.3, 0.4) is 0 Å². The molecule has 0 aliphatic rings. The number of hydrogen-bond donors (Lipinski definition) is 0. The molecular formula is C11H15F9. The first-order chi connectivity index (χ1) is 8.81. The summed E-state index contributed by atoms with van der Waals surface area (Å²) in [5, 5.41) is 0. The molecule has 0 aromatic carbocycles. The lowest BCUT2D eigenvalue weighted by Crippen LogP contribution is -2.59. The highest BCUT2D eigenvalue weighted by Crippen LogP contribution is 2.61. The van der Waals surface area contributed by atoms with E-state index >= 15 is 0 Å². The highest BCUT2D eigenvalue weighted by molar-refractivity contribution is 4.99. The molecule has 0 aliphatic heterocycles. The van der Waals surface area contributed by atoms with Crippen molar-refractivity contribution >= 4 is 0 Å². The van der Waals surface area contributed by atoms with Gasteiger partial charge in [0.1, 0.15) is 0 Å². The number of rotatable bonds is 6. The first-order valence-corrected chi connectivity index (χ1v) is 6.01. The van der Waals surface area contributed by atoms with Gasteiger partial charge >= 0.3 is 18.5 Å². The number of halogens is 9. The van der Waals surface area contributed by atoms with Crippen molar-refractivity contribution in [2.24, 2.45) is 5.41 Å². The third-order valence-corrected chi connectivity index (χ3v) is 3.11. The molecule has 0 saturated carbocycles. The van der Waals surface area contributed by atoms with Gasteiger partial charge in [-0.3, -0.25) is 0 Å². The molecule has 0 aliphatic carbocycles. The topological polar surface area (TPSA) is 0 Å². The van der Waals surface area contributed by atoms with Crippen LogP contribution in [0.5, 0.6) is 0 Å². The molecular weight excluding hydrogens is 303 g/mol. The van der Waals surface area contributed by atoms with Gasteiger partial charge in [-0.05, 0) is 6.42 Å². The van der Waals surface area contributed by atoms with Crippen LogP contribution in [0.1, 0.15) is 45.4 Å². The predicted molar refractivity (Wildman–Crippen MR) is 54.0 cm³/mol. The number of alkyl halides is 9. The molecule has 0 atom stereocenters. The molecule has 20 heavy (non-hydrogen) atoms. The molecule has 0 amide bonds. The Morgan fingerprint density at radius 3 is 1.20 bits per heavy atom. The lowest BCUT2D eigenvalue weighted by atomic mass is 9.80. The summed E-state index contributed by atoms with van der Waals surface area (Å²) in [6.45, 7) is 1.76. The number of hydrogen-bond acceptors (Lipinski definition) is 0. The third-order valence-electron chi connectivity index (χ3n) is 3.11. The zero-order chi connectivity index (χ0) is 16.2. The van der Waals surface area contributed by atoms with Gasteiger partial charge in [0, 0.05) is 0 Å². The Bertz CT molecular complexity index is 248. The Kier molecular flexibility index (Phi) is 6.22. The minimum absolute atomic E-state index is 0.0994. The summed E-state index contributed by atoms with van der Waals surface area (Å²) in [5.41, 5.74) is -5.64. The monoisotopic (exact) mass is 318 g/mol. The van der Waals surface area contributed by atoms with Crippen LogP contribution in [0, 0.1) is 5.41 Å². The molecule has 0 spiro atoms. The molecule has 0 bridgehead atoms. The predicted octanol–water partition coefficient (Wildman–Crippen LogP) is 6.02. The van der Waals surface area contributed by atoms with E-state index in [1.165, 1.54) is 0 Å². The van der Waals surface area contributed by atoms with Crippen molar-refractivity contribution in [2.75, 3.05) is 0 Å². The van der Waals surface area contributed by atoms with E-state index < -0.39 is 36.8 Å². The quantitative estimate of drug-likeness (QED) is 0.415. The second kappa shape index (κ2) is 6.43. The van der Waals surface area contributed by atoms with E-state index in [1.807, 2.05) is 0 Å². The Hall–Kier alpha value is -0.630. The van der Waals surface area contributed by atoms with Gasteiger partial charge in [-0.2, -0.15) is 39.5 Å². The standard InChI is InChI=1S/C11H15F9/c1-2-3-4-5-6-7-8(9(12,13)14,10(15,16)17)11(18,19)20/h2-7H2,1H3. The Balaban J connectivity index is 5.25.